The molecule has 1 aromatic heterocycles. The summed E-state index contributed by atoms with van der Waals surface area (Å²) >= 11 is 0. The summed E-state index contributed by atoms with van der Waals surface area (Å²) in [5.41, 5.74) is 1.59. The van der Waals surface area contributed by atoms with Gasteiger partial charge in [-0.3, -0.25) is 4.79 Å². The van der Waals surface area contributed by atoms with E-state index in [0.717, 1.165) is 57.4 Å². The van der Waals surface area contributed by atoms with Crippen molar-refractivity contribution in [3.8, 4) is 0 Å². The van der Waals surface area contributed by atoms with Crippen LogP contribution in [0, 0.1) is 0 Å². The second kappa shape index (κ2) is 10.1. The first-order valence-corrected chi connectivity index (χ1v) is 13.1. The van der Waals surface area contributed by atoms with Gasteiger partial charge in [-0.25, -0.2) is 13.4 Å². The van der Waals surface area contributed by atoms with Gasteiger partial charge < -0.3 is 15.1 Å². The Morgan fingerprint density at radius 3 is 2.21 bits per heavy atom. The van der Waals surface area contributed by atoms with Gasteiger partial charge in [-0.1, -0.05) is 6.42 Å². The number of anilines is 3. The minimum Gasteiger partial charge on any atom is -0.370 e. The molecule has 2 fully saturated rings. The number of hydrogen-bond donors (Lipinski definition) is 1. The van der Waals surface area contributed by atoms with Crippen LogP contribution in [0.15, 0.2) is 41.4 Å². The van der Waals surface area contributed by atoms with Crippen LogP contribution in [0.5, 0.6) is 0 Å². The smallest absolute Gasteiger partial charge is 0.255 e. The Morgan fingerprint density at radius 1 is 0.939 bits per heavy atom. The quantitative estimate of drug-likeness (QED) is 0.693. The predicted molar refractivity (Wildman–Crippen MR) is 132 cm³/mol. The highest BCUT2D eigenvalue weighted by molar-refractivity contribution is 7.89. The Hall–Kier alpha value is -2.65. The summed E-state index contributed by atoms with van der Waals surface area (Å²) in [4.78, 5) is 21.6. The van der Waals surface area contributed by atoms with Crippen LogP contribution in [0.4, 0.5) is 17.2 Å². The minimum atomic E-state index is -3.69. The molecule has 1 aromatic carbocycles. The van der Waals surface area contributed by atoms with E-state index in [2.05, 4.69) is 15.2 Å². The van der Waals surface area contributed by atoms with Crippen molar-refractivity contribution >= 4 is 33.1 Å². The summed E-state index contributed by atoms with van der Waals surface area (Å²) in [5.74, 6) is 0.434. The van der Waals surface area contributed by atoms with Crippen LogP contribution in [0.1, 0.15) is 48.9 Å². The summed E-state index contributed by atoms with van der Waals surface area (Å²) < 4.78 is 28.9. The number of nitrogens with one attached hydrogen (secondary N) is 1. The number of piperidine rings is 2. The normalized spacial score (nSPS) is 17.6. The van der Waals surface area contributed by atoms with E-state index < -0.39 is 10.0 Å². The molecule has 0 atom stereocenters. The maximum atomic E-state index is 13.6. The SMILES string of the molecule is CN(C)c1ccc(NC(=O)c2ccc(N3CCCCC3)c(S(=O)(=O)N3CCCCC3)c2)cn1. The molecule has 0 unspecified atom stereocenters. The Kier molecular flexibility index (Phi) is 7.19. The number of hydrogen-bond acceptors (Lipinski definition) is 6. The van der Waals surface area contributed by atoms with Crippen molar-refractivity contribution in [3.63, 3.8) is 0 Å². The molecule has 2 aliphatic heterocycles. The molecule has 9 heteroatoms. The van der Waals surface area contributed by atoms with Gasteiger partial charge in [-0.15, -0.1) is 0 Å². The topological polar surface area (TPSA) is 85.8 Å². The minimum absolute atomic E-state index is 0.236. The average molecular weight is 472 g/mol. The number of carbonyl (C=O) groups excluding carboxylic acids is 1. The number of sulfonamides is 1. The van der Waals surface area contributed by atoms with E-state index in [-0.39, 0.29) is 10.8 Å². The molecule has 0 saturated carbocycles. The number of rotatable bonds is 6. The molecule has 0 spiro atoms. The van der Waals surface area contributed by atoms with Crippen molar-refractivity contribution in [2.45, 2.75) is 43.4 Å². The Morgan fingerprint density at radius 2 is 1.61 bits per heavy atom. The fourth-order valence-electron chi connectivity index (χ4n) is 4.43. The fourth-order valence-corrected chi connectivity index (χ4v) is 6.18. The maximum absolute atomic E-state index is 13.6. The van der Waals surface area contributed by atoms with Crippen molar-refractivity contribution in [1.82, 2.24) is 9.29 Å². The second-order valence-corrected chi connectivity index (χ2v) is 10.9. The largest absolute Gasteiger partial charge is 0.370 e. The van der Waals surface area contributed by atoms with E-state index in [0.29, 0.717) is 30.0 Å². The molecular formula is C24H33N5O3S. The molecule has 3 heterocycles. The van der Waals surface area contributed by atoms with Crippen LogP contribution >= 0.6 is 0 Å². The standard InChI is InChI=1S/C24H33N5O3S/c1-27(2)23-12-10-20(18-25-23)26-24(30)19-9-11-21(28-13-5-3-6-14-28)22(17-19)33(31,32)29-15-7-4-8-16-29/h9-12,17-18H,3-8,13-16H2,1-2H3,(H,26,30). The molecule has 8 nitrogen and oxygen atoms in total. The third-order valence-corrected chi connectivity index (χ3v) is 8.24. The Bertz CT molecular complexity index is 1070. The van der Waals surface area contributed by atoms with Crippen LogP contribution in [0.2, 0.25) is 0 Å². The molecular weight excluding hydrogens is 438 g/mol. The third kappa shape index (κ3) is 5.30. The molecule has 33 heavy (non-hydrogen) atoms. The molecule has 0 radical (unpaired) electrons. The molecule has 2 saturated heterocycles. The number of benzene rings is 1. The van der Waals surface area contributed by atoms with Gasteiger partial charge in [0, 0.05) is 45.8 Å². The number of amides is 1. The Balaban J connectivity index is 1.65. The number of carbonyl (C=O) groups is 1. The van der Waals surface area contributed by atoms with E-state index in [4.69, 9.17) is 0 Å². The van der Waals surface area contributed by atoms with Gasteiger partial charge in [0.25, 0.3) is 5.91 Å². The van der Waals surface area contributed by atoms with Gasteiger partial charge in [0.15, 0.2) is 0 Å². The highest BCUT2D eigenvalue weighted by atomic mass is 32.2. The van der Waals surface area contributed by atoms with Crippen LogP contribution < -0.4 is 15.1 Å². The summed E-state index contributed by atoms with van der Waals surface area (Å²) in [7, 11) is 0.103. The van der Waals surface area contributed by atoms with Crippen molar-refractivity contribution in [2.75, 3.05) is 55.4 Å². The van der Waals surface area contributed by atoms with Crippen LogP contribution in [-0.4, -0.2) is 63.9 Å². The second-order valence-electron chi connectivity index (χ2n) is 8.95. The van der Waals surface area contributed by atoms with Gasteiger partial charge in [0.1, 0.15) is 10.7 Å². The summed E-state index contributed by atoms with van der Waals surface area (Å²) in [6.45, 7) is 2.72. The van der Waals surface area contributed by atoms with Gasteiger partial charge in [0.05, 0.1) is 17.6 Å². The van der Waals surface area contributed by atoms with Gasteiger partial charge in [-0.05, 0) is 62.4 Å². The van der Waals surface area contributed by atoms with Gasteiger partial charge in [-0.2, -0.15) is 4.31 Å². The lowest BCUT2D eigenvalue weighted by Crippen LogP contribution is -2.37. The zero-order valence-corrected chi connectivity index (χ0v) is 20.3. The summed E-state index contributed by atoms with van der Waals surface area (Å²) in [6, 6.07) is 8.67. The predicted octanol–water partition coefficient (Wildman–Crippen LogP) is 3.56. The zero-order chi connectivity index (χ0) is 23.4. The van der Waals surface area contributed by atoms with Gasteiger partial charge in [0.2, 0.25) is 10.0 Å². The van der Waals surface area contributed by atoms with E-state index >= 15 is 0 Å². The molecule has 178 valence electrons. The third-order valence-electron chi connectivity index (χ3n) is 6.32. The van der Waals surface area contributed by atoms with Crippen LogP contribution in [-0.2, 0) is 10.0 Å². The first kappa shape index (κ1) is 23.5. The Labute approximate surface area is 196 Å². The molecule has 1 N–H and O–H groups in total. The molecule has 2 aliphatic rings. The lowest BCUT2D eigenvalue weighted by molar-refractivity contribution is 0.102. The monoisotopic (exact) mass is 471 g/mol. The average Bonchev–Trinajstić information content (AvgIpc) is 2.85. The van der Waals surface area contributed by atoms with E-state index in [9.17, 15) is 13.2 Å². The van der Waals surface area contributed by atoms with Crippen molar-refractivity contribution < 1.29 is 13.2 Å². The van der Waals surface area contributed by atoms with Gasteiger partial charge >= 0.3 is 0 Å². The summed E-state index contributed by atoms with van der Waals surface area (Å²) in [5, 5.41) is 2.84. The lowest BCUT2D eigenvalue weighted by atomic mass is 10.1. The van der Waals surface area contributed by atoms with Crippen LogP contribution in [0.3, 0.4) is 0 Å². The summed E-state index contributed by atoms with van der Waals surface area (Å²) in [6.07, 6.45) is 7.63. The zero-order valence-electron chi connectivity index (χ0n) is 19.5. The first-order valence-electron chi connectivity index (χ1n) is 11.7. The maximum Gasteiger partial charge on any atom is 0.255 e. The van der Waals surface area contributed by atoms with E-state index in [1.807, 2.05) is 25.1 Å². The molecule has 0 aliphatic carbocycles. The number of pyridine rings is 1. The molecule has 0 bridgehead atoms. The number of aromatic nitrogens is 1. The first-order chi connectivity index (χ1) is 15.9. The lowest BCUT2D eigenvalue weighted by Gasteiger charge is -2.33. The van der Waals surface area contributed by atoms with Crippen molar-refractivity contribution in [3.05, 3.63) is 42.1 Å². The van der Waals surface area contributed by atoms with Crippen molar-refractivity contribution in [1.29, 1.82) is 0 Å². The fraction of sp³-hybridized carbons (Fsp3) is 0.500. The van der Waals surface area contributed by atoms with E-state index in [1.54, 1.807) is 34.8 Å². The highest BCUT2D eigenvalue weighted by Crippen LogP contribution is 2.32. The molecule has 1 amide bonds. The highest BCUT2D eigenvalue weighted by Gasteiger charge is 2.31. The number of nitrogens with zero attached hydrogens (tertiary/aromatic N) is 4. The molecule has 4 rings (SSSR count). The van der Waals surface area contributed by atoms with E-state index in [1.165, 1.54) is 0 Å². The van der Waals surface area contributed by atoms with Crippen molar-refractivity contribution in [2.24, 2.45) is 0 Å². The molecule has 2 aromatic rings. The van der Waals surface area contributed by atoms with Crippen LogP contribution in [0.25, 0.3) is 0 Å².